The third-order valence-electron chi connectivity index (χ3n) is 5.25. The molecule has 7 heteroatoms. The molecule has 0 aliphatic heterocycles. The summed E-state index contributed by atoms with van der Waals surface area (Å²) >= 11 is 0. The number of carbonyl (C=O) groups is 1. The van der Waals surface area contributed by atoms with Crippen LogP contribution in [0, 0.1) is 6.92 Å². The number of nitrogens with one attached hydrogen (secondary N) is 1. The quantitative estimate of drug-likeness (QED) is 0.476. The first kappa shape index (κ1) is 24.3. The maximum Gasteiger partial charge on any atom is 0.245 e. The molecule has 0 unspecified atom stereocenters. The van der Waals surface area contributed by atoms with Crippen LogP contribution in [0.4, 0.5) is 11.4 Å². The highest BCUT2D eigenvalue weighted by Crippen LogP contribution is 2.28. The SMILES string of the molecule is Cc1cccc(C(C)C)c1NC(=O)CN(c1ccc(OCc2ccccc2)cc1)S(C)(=O)=O. The summed E-state index contributed by atoms with van der Waals surface area (Å²) in [6.07, 6.45) is 1.09. The predicted octanol–water partition coefficient (Wildman–Crippen LogP) is 5.10. The van der Waals surface area contributed by atoms with Gasteiger partial charge in [-0.15, -0.1) is 0 Å². The molecule has 0 heterocycles. The zero-order valence-corrected chi connectivity index (χ0v) is 20.2. The van der Waals surface area contributed by atoms with Gasteiger partial charge in [-0.25, -0.2) is 8.42 Å². The van der Waals surface area contributed by atoms with Crippen LogP contribution in [0.25, 0.3) is 0 Å². The molecule has 1 amide bonds. The fourth-order valence-electron chi connectivity index (χ4n) is 3.50. The van der Waals surface area contributed by atoms with Gasteiger partial charge in [-0.2, -0.15) is 0 Å². The second kappa shape index (κ2) is 10.5. The van der Waals surface area contributed by atoms with E-state index in [2.05, 4.69) is 19.2 Å². The van der Waals surface area contributed by atoms with Gasteiger partial charge in [0.05, 0.1) is 11.9 Å². The number of sulfonamides is 1. The Hall–Kier alpha value is -3.32. The molecule has 3 aromatic carbocycles. The lowest BCUT2D eigenvalue weighted by Gasteiger charge is -2.23. The summed E-state index contributed by atoms with van der Waals surface area (Å²) in [4.78, 5) is 12.9. The van der Waals surface area contributed by atoms with Crippen LogP contribution in [0.1, 0.15) is 36.5 Å². The highest BCUT2D eigenvalue weighted by Gasteiger charge is 2.22. The first-order valence-corrected chi connectivity index (χ1v) is 12.6. The topological polar surface area (TPSA) is 75.7 Å². The molecule has 0 radical (unpaired) electrons. The van der Waals surface area contributed by atoms with Crippen LogP contribution >= 0.6 is 0 Å². The molecule has 0 spiro atoms. The smallest absolute Gasteiger partial charge is 0.245 e. The first-order chi connectivity index (χ1) is 15.6. The average molecular weight is 467 g/mol. The van der Waals surface area contributed by atoms with E-state index >= 15 is 0 Å². The van der Waals surface area contributed by atoms with E-state index in [0.717, 1.165) is 32.9 Å². The van der Waals surface area contributed by atoms with E-state index in [4.69, 9.17) is 4.74 Å². The monoisotopic (exact) mass is 466 g/mol. The summed E-state index contributed by atoms with van der Waals surface area (Å²) in [7, 11) is -3.68. The molecule has 3 rings (SSSR count). The number of anilines is 2. The van der Waals surface area contributed by atoms with Crippen molar-refractivity contribution < 1.29 is 17.9 Å². The zero-order chi connectivity index (χ0) is 24.0. The maximum atomic E-state index is 12.9. The Morgan fingerprint density at radius 2 is 1.64 bits per heavy atom. The Balaban J connectivity index is 1.74. The summed E-state index contributed by atoms with van der Waals surface area (Å²) in [5, 5.41) is 2.91. The minimum Gasteiger partial charge on any atom is -0.489 e. The van der Waals surface area contributed by atoms with E-state index in [1.807, 2.05) is 55.5 Å². The van der Waals surface area contributed by atoms with Gasteiger partial charge in [0.2, 0.25) is 15.9 Å². The molecule has 3 aromatic rings. The lowest BCUT2D eigenvalue weighted by atomic mass is 9.98. The highest BCUT2D eigenvalue weighted by atomic mass is 32.2. The van der Waals surface area contributed by atoms with E-state index in [1.54, 1.807) is 24.3 Å². The fourth-order valence-corrected chi connectivity index (χ4v) is 4.36. The third-order valence-corrected chi connectivity index (χ3v) is 6.39. The molecule has 0 bridgehead atoms. The van der Waals surface area contributed by atoms with Crippen molar-refractivity contribution in [1.29, 1.82) is 0 Å². The number of hydrogen-bond acceptors (Lipinski definition) is 4. The van der Waals surface area contributed by atoms with Gasteiger partial charge in [0.1, 0.15) is 18.9 Å². The number of para-hydroxylation sites is 1. The highest BCUT2D eigenvalue weighted by molar-refractivity contribution is 7.92. The second-order valence-corrected chi connectivity index (χ2v) is 10.2. The molecule has 1 N–H and O–H groups in total. The summed E-state index contributed by atoms with van der Waals surface area (Å²) in [5.41, 5.74) is 4.10. The molecule has 0 saturated heterocycles. The lowest BCUT2D eigenvalue weighted by molar-refractivity contribution is -0.114. The number of aryl methyl sites for hydroxylation is 1. The van der Waals surface area contributed by atoms with Gasteiger partial charge in [-0.3, -0.25) is 9.10 Å². The van der Waals surface area contributed by atoms with E-state index in [0.29, 0.717) is 18.0 Å². The molecule has 6 nitrogen and oxygen atoms in total. The second-order valence-electron chi connectivity index (χ2n) is 8.28. The van der Waals surface area contributed by atoms with Crippen LogP contribution in [0.15, 0.2) is 72.8 Å². The standard InChI is InChI=1S/C26H30N2O4S/c1-19(2)24-12-8-9-20(3)26(24)27-25(29)17-28(33(4,30)31)22-13-15-23(16-14-22)32-18-21-10-6-5-7-11-21/h5-16,19H,17-18H2,1-4H3,(H,27,29). The number of rotatable bonds is 9. The molecule has 0 aliphatic carbocycles. The van der Waals surface area contributed by atoms with Gasteiger partial charge in [0.15, 0.2) is 0 Å². The molecule has 33 heavy (non-hydrogen) atoms. The van der Waals surface area contributed by atoms with Crippen LogP contribution in [0.5, 0.6) is 5.75 Å². The summed E-state index contributed by atoms with van der Waals surface area (Å²) in [5.74, 6) is 0.428. The van der Waals surface area contributed by atoms with Crippen molar-refractivity contribution in [2.24, 2.45) is 0 Å². The van der Waals surface area contributed by atoms with Gasteiger partial charge in [0, 0.05) is 5.69 Å². The van der Waals surface area contributed by atoms with Crippen molar-refractivity contribution in [2.45, 2.75) is 33.3 Å². The van der Waals surface area contributed by atoms with Crippen molar-refractivity contribution in [3.8, 4) is 5.75 Å². The molecule has 0 aromatic heterocycles. The largest absolute Gasteiger partial charge is 0.489 e. The number of benzene rings is 3. The minimum absolute atomic E-state index is 0.217. The zero-order valence-electron chi connectivity index (χ0n) is 19.4. The van der Waals surface area contributed by atoms with Gasteiger partial charge >= 0.3 is 0 Å². The maximum absolute atomic E-state index is 12.9. The van der Waals surface area contributed by atoms with Crippen LogP contribution in [0.3, 0.4) is 0 Å². The number of ether oxygens (including phenoxy) is 1. The summed E-state index contributed by atoms with van der Waals surface area (Å²) in [6, 6.07) is 22.3. The molecule has 0 aliphatic rings. The Morgan fingerprint density at radius 3 is 2.24 bits per heavy atom. The average Bonchev–Trinajstić information content (AvgIpc) is 2.77. The Labute approximate surface area is 196 Å². The number of carbonyl (C=O) groups excluding carboxylic acids is 1. The van der Waals surface area contributed by atoms with Gasteiger partial charge in [-0.05, 0) is 53.8 Å². The van der Waals surface area contributed by atoms with Crippen LogP contribution in [-0.2, 0) is 21.4 Å². The third kappa shape index (κ3) is 6.58. The van der Waals surface area contributed by atoms with E-state index in [1.165, 1.54) is 0 Å². The molecule has 0 fully saturated rings. The van der Waals surface area contributed by atoms with Gasteiger partial charge < -0.3 is 10.1 Å². The molecule has 0 atom stereocenters. The fraction of sp³-hybridized carbons (Fsp3) is 0.269. The minimum atomic E-state index is -3.68. The van der Waals surface area contributed by atoms with Gasteiger partial charge in [-0.1, -0.05) is 62.4 Å². The van der Waals surface area contributed by atoms with Crippen LogP contribution in [0.2, 0.25) is 0 Å². The summed E-state index contributed by atoms with van der Waals surface area (Å²) < 4.78 is 31.8. The van der Waals surface area contributed by atoms with Crippen molar-refractivity contribution in [3.63, 3.8) is 0 Å². The number of amides is 1. The van der Waals surface area contributed by atoms with Crippen LogP contribution < -0.4 is 14.4 Å². The van der Waals surface area contributed by atoms with E-state index < -0.39 is 15.9 Å². The Kier molecular flexibility index (Phi) is 7.76. The number of nitrogens with zero attached hydrogens (tertiary/aromatic N) is 1. The molecule has 174 valence electrons. The Morgan fingerprint density at radius 1 is 0.970 bits per heavy atom. The Bertz CT molecular complexity index is 1190. The van der Waals surface area contributed by atoms with Crippen molar-refractivity contribution in [2.75, 3.05) is 22.4 Å². The van der Waals surface area contributed by atoms with Crippen LogP contribution in [-0.4, -0.2) is 27.1 Å². The molecular formula is C26H30N2O4S. The van der Waals surface area contributed by atoms with E-state index in [9.17, 15) is 13.2 Å². The van der Waals surface area contributed by atoms with Gasteiger partial charge in [0.25, 0.3) is 0 Å². The molecule has 0 saturated carbocycles. The predicted molar refractivity (Wildman–Crippen MR) is 133 cm³/mol. The molecular weight excluding hydrogens is 436 g/mol. The number of hydrogen-bond donors (Lipinski definition) is 1. The lowest BCUT2D eigenvalue weighted by Crippen LogP contribution is -2.37. The van der Waals surface area contributed by atoms with Crippen molar-refractivity contribution in [3.05, 3.63) is 89.5 Å². The van der Waals surface area contributed by atoms with Crippen molar-refractivity contribution in [1.82, 2.24) is 0 Å². The van der Waals surface area contributed by atoms with E-state index in [-0.39, 0.29) is 12.5 Å². The summed E-state index contributed by atoms with van der Waals surface area (Å²) in [6.45, 7) is 6.11. The normalized spacial score (nSPS) is 11.3. The first-order valence-electron chi connectivity index (χ1n) is 10.8. The van der Waals surface area contributed by atoms with Crippen molar-refractivity contribution >= 4 is 27.3 Å².